The second-order valence-electron chi connectivity index (χ2n) is 4.61. The van der Waals surface area contributed by atoms with E-state index in [9.17, 15) is 4.79 Å². The van der Waals surface area contributed by atoms with Gasteiger partial charge in [-0.3, -0.25) is 4.79 Å². The third kappa shape index (κ3) is 2.80. The molecule has 0 unspecified atom stereocenters. The van der Waals surface area contributed by atoms with Gasteiger partial charge in [-0.25, -0.2) is 0 Å². The summed E-state index contributed by atoms with van der Waals surface area (Å²) >= 11 is 1.55. The molecule has 0 saturated carbocycles. The Bertz CT molecular complexity index is 577. The number of thiophene rings is 1. The van der Waals surface area contributed by atoms with Gasteiger partial charge in [-0.1, -0.05) is 31.5 Å². The lowest BCUT2D eigenvalue weighted by Crippen LogP contribution is -2.29. The standard InChI is InChI=1S/C15H19NO2S/c1-3-6-12-11-7-4-5-8-13(11)19-14(12)15(18)16(2)9-10-17/h4-5,7-8,17H,3,6,9-10H2,1-2H3. The van der Waals surface area contributed by atoms with Gasteiger partial charge in [0.1, 0.15) is 0 Å². The zero-order valence-electron chi connectivity index (χ0n) is 11.3. The molecule has 0 bridgehead atoms. The minimum absolute atomic E-state index is 0.00372. The fourth-order valence-corrected chi connectivity index (χ4v) is 3.44. The molecule has 0 saturated heterocycles. The minimum Gasteiger partial charge on any atom is -0.395 e. The number of fused-ring (bicyclic) bond motifs is 1. The molecule has 1 N–H and O–H groups in total. The van der Waals surface area contributed by atoms with E-state index in [1.807, 2.05) is 12.1 Å². The van der Waals surface area contributed by atoms with Crippen molar-refractivity contribution in [3.63, 3.8) is 0 Å². The molecule has 0 aliphatic carbocycles. The molecule has 19 heavy (non-hydrogen) atoms. The first-order valence-corrected chi connectivity index (χ1v) is 7.37. The fourth-order valence-electron chi connectivity index (χ4n) is 2.19. The zero-order chi connectivity index (χ0) is 13.8. The normalized spacial score (nSPS) is 10.9. The molecule has 0 aliphatic heterocycles. The van der Waals surface area contributed by atoms with E-state index < -0.39 is 0 Å². The van der Waals surface area contributed by atoms with Crippen LogP contribution in [0.3, 0.4) is 0 Å². The van der Waals surface area contributed by atoms with Crippen molar-refractivity contribution in [2.24, 2.45) is 0 Å². The van der Waals surface area contributed by atoms with Crippen molar-refractivity contribution < 1.29 is 9.90 Å². The number of nitrogens with zero attached hydrogens (tertiary/aromatic N) is 1. The number of benzene rings is 1. The van der Waals surface area contributed by atoms with Crippen molar-refractivity contribution in [2.45, 2.75) is 19.8 Å². The Morgan fingerprint density at radius 3 is 2.79 bits per heavy atom. The average molecular weight is 277 g/mol. The van der Waals surface area contributed by atoms with Crippen molar-refractivity contribution in [1.82, 2.24) is 4.90 Å². The van der Waals surface area contributed by atoms with Crippen LogP contribution in [0.5, 0.6) is 0 Å². The molecule has 1 aromatic heterocycles. The van der Waals surface area contributed by atoms with Crippen LogP contribution in [0.15, 0.2) is 24.3 Å². The monoisotopic (exact) mass is 277 g/mol. The van der Waals surface area contributed by atoms with Gasteiger partial charge in [-0.15, -0.1) is 11.3 Å². The predicted molar refractivity (Wildman–Crippen MR) is 79.9 cm³/mol. The number of hydrogen-bond donors (Lipinski definition) is 1. The zero-order valence-corrected chi connectivity index (χ0v) is 12.2. The lowest BCUT2D eigenvalue weighted by atomic mass is 10.1. The van der Waals surface area contributed by atoms with Crippen molar-refractivity contribution in [3.05, 3.63) is 34.7 Å². The molecule has 102 valence electrons. The first-order valence-electron chi connectivity index (χ1n) is 6.55. The fraction of sp³-hybridized carbons (Fsp3) is 0.400. The van der Waals surface area contributed by atoms with Crippen LogP contribution in [0.1, 0.15) is 28.6 Å². The molecule has 3 nitrogen and oxygen atoms in total. The maximum absolute atomic E-state index is 12.4. The van der Waals surface area contributed by atoms with Crippen molar-refractivity contribution in [2.75, 3.05) is 20.2 Å². The van der Waals surface area contributed by atoms with E-state index in [0.717, 1.165) is 28.0 Å². The summed E-state index contributed by atoms with van der Waals surface area (Å²) in [4.78, 5) is 14.8. The predicted octanol–water partition coefficient (Wildman–Crippen LogP) is 2.92. The molecular weight excluding hydrogens is 258 g/mol. The SMILES string of the molecule is CCCc1c(C(=O)N(C)CCO)sc2ccccc12. The van der Waals surface area contributed by atoms with Crippen LogP contribution in [0, 0.1) is 0 Å². The second kappa shape index (κ2) is 6.17. The maximum Gasteiger partial charge on any atom is 0.264 e. The van der Waals surface area contributed by atoms with Crippen LogP contribution in [0.25, 0.3) is 10.1 Å². The topological polar surface area (TPSA) is 40.5 Å². The summed E-state index contributed by atoms with van der Waals surface area (Å²) in [5.74, 6) is 0.0127. The largest absolute Gasteiger partial charge is 0.395 e. The van der Waals surface area contributed by atoms with Crippen LogP contribution < -0.4 is 0 Å². The van der Waals surface area contributed by atoms with Gasteiger partial charge in [0.2, 0.25) is 0 Å². The summed E-state index contributed by atoms with van der Waals surface area (Å²) in [6.07, 6.45) is 1.93. The maximum atomic E-state index is 12.4. The Kier molecular flexibility index (Phi) is 4.56. The Labute approximate surface area is 117 Å². The second-order valence-corrected chi connectivity index (χ2v) is 5.66. The quantitative estimate of drug-likeness (QED) is 0.913. The van der Waals surface area contributed by atoms with E-state index in [0.29, 0.717) is 6.54 Å². The molecule has 1 aromatic carbocycles. The number of likely N-dealkylation sites (N-methyl/N-ethyl adjacent to an activating group) is 1. The summed E-state index contributed by atoms with van der Waals surface area (Å²) in [5.41, 5.74) is 1.15. The number of aliphatic hydroxyl groups is 1. The Hall–Kier alpha value is -1.39. The third-order valence-corrected chi connectivity index (χ3v) is 4.38. The molecular formula is C15H19NO2S. The van der Waals surface area contributed by atoms with Gasteiger partial charge < -0.3 is 10.0 Å². The van der Waals surface area contributed by atoms with E-state index >= 15 is 0 Å². The first kappa shape index (κ1) is 14.0. The lowest BCUT2D eigenvalue weighted by Gasteiger charge is -2.15. The van der Waals surface area contributed by atoms with Crippen LogP contribution in [-0.4, -0.2) is 36.1 Å². The highest BCUT2D eigenvalue weighted by Crippen LogP contribution is 2.32. The highest BCUT2D eigenvalue weighted by molar-refractivity contribution is 7.21. The molecule has 0 fully saturated rings. The van der Waals surface area contributed by atoms with E-state index in [4.69, 9.17) is 5.11 Å². The van der Waals surface area contributed by atoms with Gasteiger partial charge in [0.15, 0.2) is 0 Å². The van der Waals surface area contributed by atoms with Gasteiger partial charge in [-0.05, 0) is 23.4 Å². The van der Waals surface area contributed by atoms with Crippen molar-refractivity contribution >= 4 is 27.3 Å². The van der Waals surface area contributed by atoms with Crippen LogP contribution in [0.2, 0.25) is 0 Å². The van der Waals surface area contributed by atoms with Crippen molar-refractivity contribution in [3.8, 4) is 0 Å². The molecule has 0 spiro atoms. The van der Waals surface area contributed by atoms with Crippen molar-refractivity contribution in [1.29, 1.82) is 0 Å². The molecule has 0 atom stereocenters. The number of carbonyl (C=O) groups is 1. The molecule has 1 heterocycles. The lowest BCUT2D eigenvalue weighted by molar-refractivity contribution is 0.0771. The average Bonchev–Trinajstić information content (AvgIpc) is 2.78. The van der Waals surface area contributed by atoms with E-state index in [-0.39, 0.29) is 12.5 Å². The molecule has 1 amide bonds. The molecule has 2 rings (SSSR count). The summed E-state index contributed by atoms with van der Waals surface area (Å²) in [6.45, 7) is 2.49. The highest BCUT2D eigenvalue weighted by Gasteiger charge is 2.20. The number of hydrogen-bond acceptors (Lipinski definition) is 3. The smallest absolute Gasteiger partial charge is 0.264 e. The van der Waals surface area contributed by atoms with Crippen LogP contribution >= 0.6 is 11.3 Å². The number of rotatable bonds is 5. The van der Waals surface area contributed by atoms with Gasteiger partial charge in [0.25, 0.3) is 5.91 Å². The number of aryl methyl sites for hydroxylation is 1. The third-order valence-electron chi connectivity index (χ3n) is 3.17. The Morgan fingerprint density at radius 1 is 1.37 bits per heavy atom. The molecule has 0 aliphatic rings. The summed E-state index contributed by atoms with van der Waals surface area (Å²) in [7, 11) is 1.73. The Balaban J connectivity index is 2.46. The van der Waals surface area contributed by atoms with Gasteiger partial charge >= 0.3 is 0 Å². The van der Waals surface area contributed by atoms with Gasteiger partial charge in [-0.2, -0.15) is 0 Å². The van der Waals surface area contributed by atoms with E-state index in [1.165, 1.54) is 5.39 Å². The summed E-state index contributed by atoms with van der Waals surface area (Å²) in [6, 6.07) is 8.15. The molecule has 4 heteroatoms. The molecule has 0 radical (unpaired) electrons. The number of amides is 1. The van der Waals surface area contributed by atoms with Gasteiger partial charge in [0.05, 0.1) is 11.5 Å². The number of aliphatic hydroxyl groups excluding tert-OH is 1. The van der Waals surface area contributed by atoms with E-state index in [2.05, 4.69) is 19.1 Å². The Morgan fingerprint density at radius 2 is 2.11 bits per heavy atom. The first-order chi connectivity index (χ1) is 9.19. The molecule has 2 aromatic rings. The number of carbonyl (C=O) groups excluding carboxylic acids is 1. The summed E-state index contributed by atoms with van der Waals surface area (Å²) in [5, 5.41) is 10.1. The highest BCUT2D eigenvalue weighted by atomic mass is 32.1. The van der Waals surface area contributed by atoms with Crippen LogP contribution in [0.4, 0.5) is 0 Å². The minimum atomic E-state index is -0.00372. The van der Waals surface area contributed by atoms with Crippen LogP contribution in [-0.2, 0) is 6.42 Å². The van der Waals surface area contributed by atoms with Gasteiger partial charge in [0, 0.05) is 18.3 Å². The van der Waals surface area contributed by atoms with E-state index in [1.54, 1.807) is 23.3 Å². The summed E-state index contributed by atoms with van der Waals surface area (Å²) < 4.78 is 1.16.